The van der Waals surface area contributed by atoms with E-state index in [0.717, 1.165) is 0 Å². The Balaban J connectivity index is 2.47. The summed E-state index contributed by atoms with van der Waals surface area (Å²) < 4.78 is 0. The first kappa shape index (κ1) is 10.9. The van der Waals surface area contributed by atoms with Crippen LogP contribution in [0.2, 0.25) is 0 Å². The highest BCUT2D eigenvalue weighted by molar-refractivity contribution is 6.38. The number of aliphatic hydroxyl groups is 1. The van der Waals surface area contributed by atoms with Crippen LogP contribution >= 0.6 is 0 Å². The van der Waals surface area contributed by atoms with E-state index in [1.165, 1.54) is 0 Å². The quantitative estimate of drug-likeness (QED) is 0.418. The highest BCUT2D eigenvalue weighted by Crippen LogP contribution is 2.20. The van der Waals surface area contributed by atoms with Crippen molar-refractivity contribution in [2.45, 2.75) is 0 Å². The number of benzene rings is 1. The summed E-state index contributed by atoms with van der Waals surface area (Å²) in [6.45, 7) is 0. The Kier molecular flexibility index (Phi) is 2.61. The van der Waals surface area contributed by atoms with E-state index in [0.29, 0.717) is 17.0 Å². The molecule has 17 heavy (non-hydrogen) atoms. The number of fused-ring (bicyclic) bond motifs is 1. The number of rotatable bonds is 3. The van der Waals surface area contributed by atoms with E-state index in [9.17, 15) is 14.7 Å². The largest absolute Gasteiger partial charge is 0.505 e. The van der Waals surface area contributed by atoms with Crippen LogP contribution in [0.4, 0.5) is 0 Å². The molecule has 0 radical (unpaired) electrons. The number of ketones is 1. The molecule has 86 valence electrons. The van der Waals surface area contributed by atoms with Crippen LogP contribution in [0.3, 0.4) is 0 Å². The van der Waals surface area contributed by atoms with Crippen molar-refractivity contribution in [1.29, 1.82) is 0 Å². The average Bonchev–Trinajstić information content (AvgIpc) is 2.72. The van der Waals surface area contributed by atoms with Gasteiger partial charge in [-0.1, -0.05) is 18.2 Å². The van der Waals surface area contributed by atoms with Gasteiger partial charge >= 0.3 is 5.97 Å². The number of aromatic amines is 1. The Morgan fingerprint density at radius 3 is 2.65 bits per heavy atom. The summed E-state index contributed by atoms with van der Waals surface area (Å²) in [5.41, 5.74) is 0.834. The smallest absolute Gasteiger partial charge is 0.376 e. The van der Waals surface area contributed by atoms with Gasteiger partial charge in [-0.3, -0.25) is 9.89 Å². The van der Waals surface area contributed by atoms with Gasteiger partial charge in [0.1, 0.15) is 11.5 Å². The SMILES string of the molecule is O=C(O)C(=O)/C=C(\O)c1n[nH]c2ccccc12. The van der Waals surface area contributed by atoms with Crippen molar-refractivity contribution < 1.29 is 19.8 Å². The normalized spacial score (nSPS) is 11.6. The zero-order valence-electron chi connectivity index (χ0n) is 8.54. The van der Waals surface area contributed by atoms with Crippen LogP contribution in [0, 0.1) is 0 Å². The van der Waals surface area contributed by atoms with Crippen LogP contribution < -0.4 is 0 Å². The maximum absolute atomic E-state index is 10.9. The molecule has 0 spiro atoms. The molecule has 1 heterocycles. The standard InChI is InChI=1S/C11H8N2O4/c14-8(5-9(15)11(16)17)10-6-3-1-2-4-7(6)12-13-10/h1-5,14H,(H,12,13)(H,16,17)/b8-5-. The zero-order chi connectivity index (χ0) is 12.4. The Morgan fingerprint density at radius 1 is 1.24 bits per heavy atom. The molecule has 0 fully saturated rings. The van der Waals surface area contributed by atoms with Gasteiger partial charge in [-0.25, -0.2) is 4.79 Å². The van der Waals surface area contributed by atoms with Gasteiger partial charge in [-0.2, -0.15) is 5.10 Å². The van der Waals surface area contributed by atoms with E-state index >= 15 is 0 Å². The second-order valence-corrected chi connectivity index (χ2v) is 3.32. The summed E-state index contributed by atoms with van der Waals surface area (Å²) in [7, 11) is 0. The number of para-hydroxylation sites is 1. The van der Waals surface area contributed by atoms with E-state index in [4.69, 9.17) is 5.11 Å². The number of aromatic nitrogens is 2. The lowest BCUT2D eigenvalue weighted by molar-refractivity contribution is -0.146. The van der Waals surface area contributed by atoms with Crippen molar-refractivity contribution in [1.82, 2.24) is 10.2 Å². The Hall–Kier alpha value is -2.63. The van der Waals surface area contributed by atoms with Crippen LogP contribution in [-0.2, 0) is 9.59 Å². The minimum atomic E-state index is -1.63. The lowest BCUT2D eigenvalue weighted by atomic mass is 10.1. The van der Waals surface area contributed by atoms with Crippen molar-refractivity contribution in [2.24, 2.45) is 0 Å². The molecule has 0 aliphatic rings. The fourth-order valence-corrected chi connectivity index (χ4v) is 1.41. The number of nitrogens with one attached hydrogen (secondary N) is 1. The molecule has 0 atom stereocenters. The van der Waals surface area contributed by atoms with Crippen LogP contribution in [0.1, 0.15) is 5.69 Å². The number of nitrogens with zero attached hydrogens (tertiary/aromatic N) is 1. The van der Waals surface area contributed by atoms with Crippen molar-refractivity contribution in [2.75, 3.05) is 0 Å². The lowest BCUT2D eigenvalue weighted by Crippen LogP contribution is -2.09. The number of carbonyl (C=O) groups excluding carboxylic acids is 1. The third-order valence-corrected chi connectivity index (χ3v) is 2.19. The van der Waals surface area contributed by atoms with E-state index in [1.54, 1.807) is 24.3 Å². The number of carboxylic acid groups (broad SMARTS) is 1. The number of aliphatic carboxylic acids is 1. The lowest BCUT2D eigenvalue weighted by Gasteiger charge is -1.94. The van der Waals surface area contributed by atoms with Gasteiger partial charge in [0.05, 0.1) is 5.52 Å². The Morgan fingerprint density at radius 2 is 1.94 bits per heavy atom. The molecule has 0 bridgehead atoms. The molecule has 6 nitrogen and oxygen atoms in total. The van der Waals surface area contributed by atoms with E-state index in [1.807, 2.05) is 0 Å². The van der Waals surface area contributed by atoms with E-state index in [-0.39, 0.29) is 5.69 Å². The van der Waals surface area contributed by atoms with Crippen molar-refractivity contribution in [3.63, 3.8) is 0 Å². The number of aliphatic hydroxyl groups excluding tert-OH is 1. The van der Waals surface area contributed by atoms with Crippen molar-refractivity contribution in [3.05, 3.63) is 36.0 Å². The summed E-state index contributed by atoms with van der Waals surface area (Å²) in [4.78, 5) is 21.2. The predicted molar refractivity (Wildman–Crippen MR) is 59.3 cm³/mol. The topological polar surface area (TPSA) is 103 Å². The van der Waals surface area contributed by atoms with Crippen LogP contribution in [0.25, 0.3) is 16.7 Å². The summed E-state index contributed by atoms with van der Waals surface area (Å²) >= 11 is 0. The van der Waals surface area contributed by atoms with Gasteiger partial charge in [0.2, 0.25) is 0 Å². The van der Waals surface area contributed by atoms with Gasteiger partial charge in [-0.05, 0) is 6.07 Å². The van der Waals surface area contributed by atoms with E-state index in [2.05, 4.69) is 10.2 Å². The molecule has 0 saturated carbocycles. The maximum atomic E-state index is 10.9. The molecule has 3 N–H and O–H groups in total. The third kappa shape index (κ3) is 2.00. The molecule has 2 rings (SSSR count). The van der Waals surface area contributed by atoms with Crippen molar-refractivity contribution in [3.8, 4) is 0 Å². The number of carbonyl (C=O) groups is 2. The van der Waals surface area contributed by atoms with Gasteiger partial charge < -0.3 is 10.2 Å². The summed E-state index contributed by atoms with van der Waals surface area (Å²) in [6, 6.07) is 6.97. The third-order valence-electron chi connectivity index (χ3n) is 2.19. The average molecular weight is 232 g/mol. The summed E-state index contributed by atoms with van der Waals surface area (Å²) in [5, 5.41) is 25.1. The second-order valence-electron chi connectivity index (χ2n) is 3.32. The number of H-pyrrole nitrogens is 1. The number of hydrogen-bond acceptors (Lipinski definition) is 4. The number of hydrogen-bond donors (Lipinski definition) is 3. The predicted octanol–water partition coefficient (Wildman–Crippen LogP) is 1.12. The van der Waals surface area contributed by atoms with Gasteiger partial charge in [0, 0.05) is 11.5 Å². The van der Waals surface area contributed by atoms with Gasteiger partial charge in [0.15, 0.2) is 0 Å². The van der Waals surface area contributed by atoms with Crippen LogP contribution in [0.15, 0.2) is 30.3 Å². The summed E-state index contributed by atoms with van der Waals surface area (Å²) in [5.74, 6) is -3.30. The number of carboxylic acids is 1. The summed E-state index contributed by atoms with van der Waals surface area (Å²) in [6.07, 6.45) is 0.630. The van der Waals surface area contributed by atoms with Gasteiger partial charge in [0.25, 0.3) is 5.78 Å². The first-order chi connectivity index (χ1) is 8.09. The first-order valence-electron chi connectivity index (χ1n) is 4.71. The minimum absolute atomic E-state index is 0.148. The van der Waals surface area contributed by atoms with Crippen molar-refractivity contribution >= 4 is 28.4 Å². The maximum Gasteiger partial charge on any atom is 0.376 e. The molecular weight excluding hydrogens is 224 g/mol. The molecule has 1 aromatic heterocycles. The molecule has 0 aliphatic heterocycles. The molecule has 6 heteroatoms. The Bertz CT molecular complexity index is 627. The first-order valence-corrected chi connectivity index (χ1v) is 4.71. The molecule has 2 aromatic rings. The highest BCUT2D eigenvalue weighted by Gasteiger charge is 2.14. The highest BCUT2D eigenvalue weighted by atomic mass is 16.4. The van der Waals surface area contributed by atoms with Gasteiger partial charge in [-0.15, -0.1) is 0 Å². The fourth-order valence-electron chi connectivity index (χ4n) is 1.41. The molecular formula is C11H8N2O4. The van der Waals surface area contributed by atoms with Crippen LogP contribution in [-0.4, -0.2) is 32.2 Å². The molecule has 0 amide bonds. The van der Waals surface area contributed by atoms with E-state index < -0.39 is 17.5 Å². The minimum Gasteiger partial charge on any atom is -0.505 e. The fraction of sp³-hybridized carbons (Fsp3) is 0. The monoisotopic (exact) mass is 232 g/mol. The molecule has 0 unspecified atom stereocenters. The van der Waals surface area contributed by atoms with Crippen LogP contribution in [0.5, 0.6) is 0 Å². The Labute approximate surface area is 95.2 Å². The second kappa shape index (κ2) is 4.09. The molecule has 1 aromatic carbocycles. The molecule has 0 saturated heterocycles. The molecule has 0 aliphatic carbocycles. The zero-order valence-corrected chi connectivity index (χ0v) is 8.54.